The zero-order valence-electron chi connectivity index (χ0n) is 9.79. The Balaban J connectivity index is 2.72. The smallest absolute Gasteiger partial charge is 0.307 e. The minimum absolute atomic E-state index is 0.120. The highest BCUT2D eigenvalue weighted by molar-refractivity contribution is 5.73. The van der Waals surface area contributed by atoms with Crippen LogP contribution in [0, 0.1) is 17.7 Å². The maximum atomic E-state index is 13.4. The predicted molar refractivity (Wildman–Crippen MR) is 63.3 cm³/mol. The van der Waals surface area contributed by atoms with Gasteiger partial charge in [0.1, 0.15) is 5.82 Å². The van der Waals surface area contributed by atoms with E-state index in [-0.39, 0.29) is 24.4 Å². The minimum Gasteiger partial charge on any atom is -0.481 e. The summed E-state index contributed by atoms with van der Waals surface area (Å²) >= 11 is 0. The molecule has 1 aromatic rings. The molecular weight excluding hydrogens is 237 g/mol. The standard InChI is InChI=1S/C13H12FNO3/c1-9(16)15-6-2-3-10-4-5-11(8-13(17)18)12(14)7-10/h4-5,7H,6,8H2,1H3,(H,15,16)(H,17,18). The highest BCUT2D eigenvalue weighted by Gasteiger charge is 2.06. The number of carbonyl (C=O) groups is 2. The van der Waals surface area contributed by atoms with Crippen molar-refractivity contribution in [1.29, 1.82) is 0 Å². The second-order valence-corrected chi connectivity index (χ2v) is 3.59. The lowest BCUT2D eigenvalue weighted by Gasteiger charge is -2.00. The van der Waals surface area contributed by atoms with Gasteiger partial charge in [-0.05, 0) is 17.7 Å². The van der Waals surface area contributed by atoms with E-state index in [0.29, 0.717) is 5.56 Å². The summed E-state index contributed by atoms with van der Waals surface area (Å²) in [5, 5.41) is 11.0. The van der Waals surface area contributed by atoms with Crippen LogP contribution in [0.1, 0.15) is 18.1 Å². The van der Waals surface area contributed by atoms with Crippen molar-refractivity contribution in [2.45, 2.75) is 13.3 Å². The normalized spacial score (nSPS) is 9.22. The number of nitrogens with one attached hydrogen (secondary N) is 1. The molecular formula is C13H12FNO3. The molecule has 0 aliphatic rings. The zero-order chi connectivity index (χ0) is 13.5. The van der Waals surface area contributed by atoms with Crippen molar-refractivity contribution < 1.29 is 19.1 Å². The predicted octanol–water partition coefficient (Wildman–Crippen LogP) is 0.940. The molecule has 0 fully saturated rings. The van der Waals surface area contributed by atoms with Gasteiger partial charge in [-0.25, -0.2) is 4.39 Å². The fourth-order valence-corrected chi connectivity index (χ4v) is 1.25. The number of carboxylic acid groups (broad SMARTS) is 1. The third kappa shape index (κ3) is 4.66. The Morgan fingerprint density at radius 2 is 2.17 bits per heavy atom. The molecule has 0 aromatic heterocycles. The molecule has 0 aliphatic heterocycles. The van der Waals surface area contributed by atoms with E-state index in [4.69, 9.17) is 5.11 Å². The molecule has 1 amide bonds. The van der Waals surface area contributed by atoms with E-state index >= 15 is 0 Å². The first-order valence-electron chi connectivity index (χ1n) is 5.22. The van der Waals surface area contributed by atoms with E-state index in [9.17, 15) is 14.0 Å². The average molecular weight is 249 g/mol. The maximum absolute atomic E-state index is 13.4. The Bertz CT molecular complexity index is 529. The molecule has 0 heterocycles. The van der Waals surface area contributed by atoms with Gasteiger partial charge in [0.15, 0.2) is 0 Å². The summed E-state index contributed by atoms with van der Waals surface area (Å²) in [5.74, 6) is 3.46. The van der Waals surface area contributed by atoms with Crippen LogP contribution in [0.2, 0.25) is 0 Å². The lowest BCUT2D eigenvalue weighted by Crippen LogP contribution is -2.19. The van der Waals surface area contributed by atoms with Gasteiger partial charge in [-0.2, -0.15) is 0 Å². The molecule has 0 aliphatic carbocycles. The van der Waals surface area contributed by atoms with Crippen LogP contribution in [0.25, 0.3) is 0 Å². The quantitative estimate of drug-likeness (QED) is 0.783. The number of benzene rings is 1. The molecule has 1 aromatic carbocycles. The van der Waals surface area contributed by atoms with E-state index in [1.54, 1.807) is 6.07 Å². The number of rotatable bonds is 3. The summed E-state index contributed by atoms with van der Waals surface area (Å²) in [6.45, 7) is 1.57. The van der Waals surface area contributed by atoms with Gasteiger partial charge in [0.05, 0.1) is 13.0 Å². The van der Waals surface area contributed by atoms with Gasteiger partial charge in [-0.3, -0.25) is 9.59 Å². The molecule has 18 heavy (non-hydrogen) atoms. The van der Waals surface area contributed by atoms with Gasteiger partial charge in [0.25, 0.3) is 0 Å². The number of amides is 1. The fourth-order valence-electron chi connectivity index (χ4n) is 1.25. The van der Waals surface area contributed by atoms with Gasteiger partial charge >= 0.3 is 5.97 Å². The number of halogens is 1. The van der Waals surface area contributed by atoms with Crippen molar-refractivity contribution in [1.82, 2.24) is 5.32 Å². The lowest BCUT2D eigenvalue weighted by atomic mass is 10.1. The van der Waals surface area contributed by atoms with E-state index in [1.807, 2.05) is 0 Å². The van der Waals surface area contributed by atoms with Crippen molar-refractivity contribution in [3.05, 3.63) is 35.1 Å². The average Bonchev–Trinajstić information content (AvgIpc) is 2.27. The topological polar surface area (TPSA) is 66.4 Å². The van der Waals surface area contributed by atoms with Gasteiger partial charge in [-0.15, -0.1) is 0 Å². The summed E-state index contributed by atoms with van der Waals surface area (Å²) in [6.07, 6.45) is -0.356. The highest BCUT2D eigenvalue weighted by atomic mass is 19.1. The van der Waals surface area contributed by atoms with Crippen molar-refractivity contribution >= 4 is 11.9 Å². The number of aliphatic carboxylic acids is 1. The Morgan fingerprint density at radius 3 is 2.72 bits per heavy atom. The Labute approximate surface area is 104 Å². The van der Waals surface area contributed by atoms with Crippen LogP contribution in [0.4, 0.5) is 4.39 Å². The monoisotopic (exact) mass is 249 g/mol. The second kappa shape index (κ2) is 6.40. The van der Waals surface area contributed by atoms with E-state index in [1.165, 1.54) is 19.1 Å². The summed E-state index contributed by atoms with van der Waals surface area (Å²) in [6, 6.07) is 4.12. The third-order valence-corrected chi connectivity index (χ3v) is 2.05. The van der Waals surface area contributed by atoms with Crippen LogP contribution in [0.15, 0.2) is 18.2 Å². The molecule has 1 rings (SSSR count). The summed E-state index contributed by atoms with van der Waals surface area (Å²) in [5.41, 5.74) is 0.557. The van der Waals surface area contributed by atoms with Crippen LogP contribution in [-0.4, -0.2) is 23.5 Å². The molecule has 0 unspecified atom stereocenters. The molecule has 0 saturated heterocycles. The van der Waals surface area contributed by atoms with Crippen LogP contribution in [0.3, 0.4) is 0 Å². The van der Waals surface area contributed by atoms with Crippen molar-refractivity contribution in [3.8, 4) is 11.8 Å². The Morgan fingerprint density at radius 1 is 1.44 bits per heavy atom. The SMILES string of the molecule is CC(=O)NCC#Cc1ccc(CC(=O)O)c(F)c1. The molecule has 94 valence electrons. The molecule has 0 saturated carbocycles. The van der Waals surface area contributed by atoms with Crippen molar-refractivity contribution in [3.63, 3.8) is 0 Å². The summed E-state index contributed by atoms with van der Waals surface area (Å²) in [7, 11) is 0. The number of hydrogen-bond acceptors (Lipinski definition) is 2. The number of carbonyl (C=O) groups excluding carboxylic acids is 1. The van der Waals surface area contributed by atoms with Crippen molar-refractivity contribution in [2.75, 3.05) is 6.54 Å². The van der Waals surface area contributed by atoms with Crippen LogP contribution < -0.4 is 5.32 Å². The molecule has 0 bridgehead atoms. The van der Waals surface area contributed by atoms with Crippen LogP contribution in [-0.2, 0) is 16.0 Å². The van der Waals surface area contributed by atoms with Crippen LogP contribution in [0.5, 0.6) is 0 Å². The molecule has 0 radical (unpaired) electrons. The third-order valence-electron chi connectivity index (χ3n) is 2.05. The first-order chi connectivity index (χ1) is 8.49. The zero-order valence-corrected chi connectivity index (χ0v) is 9.79. The first-order valence-corrected chi connectivity index (χ1v) is 5.22. The number of carboxylic acids is 1. The largest absolute Gasteiger partial charge is 0.481 e. The lowest BCUT2D eigenvalue weighted by molar-refractivity contribution is -0.136. The molecule has 0 spiro atoms. The van der Waals surface area contributed by atoms with Crippen LogP contribution >= 0.6 is 0 Å². The first kappa shape index (κ1) is 13.7. The fraction of sp³-hybridized carbons (Fsp3) is 0.231. The van der Waals surface area contributed by atoms with Gasteiger partial charge in [0, 0.05) is 12.5 Å². The summed E-state index contributed by atoms with van der Waals surface area (Å²) < 4.78 is 13.4. The molecule has 0 atom stereocenters. The van der Waals surface area contributed by atoms with Gasteiger partial charge in [0.2, 0.25) is 5.91 Å². The van der Waals surface area contributed by atoms with E-state index in [2.05, 4.69) is 17.2 Å². The Hall–Kier alpha value is -2.35. The van der Waals surface area contributed by atoms with Gasteiger partial charge < -0.3 is 10.4 Å². The molecule has 4 nitrogen and oxygen atoms in total. The molecule has 5 heteroatoms. The number of hydrogen-bond donors (Lipinski definition) is 2. The van der Waals surface area contributed by atoms with E-state index < -0.39 is 11.8 Å². The van der Waals surface area contributed by atoms with Gasteiger partial charge in [-0.1, -0.05) is 17.9 Å². The second-order valence-electron chi connectivity index (χ2n) is 3.59. The minimum atomic E-state index is -1.08. The summed E-state index contributed by atoms with van der Waals surface area (Å²) in [4.78, 5) is 21.0. The maximum Gasteiger partial charge on any atom is 0.307 e. The molecule has 2 N–H and O–H groups in total. The highest BCUT2D eigenvalue weighted by Crippen LogP contribution is 2.10. The Kier molecular flexibility index (Phi) is 4.88. The van der Waals surface area contributed by atoms with Crippen molar-refractivity contribution in [2.24, 2.45) is 0 Å². The van der Waals surface area contributed by atoms with E-state index in [0.717, 1.165) is 0 Å².